The minimum atomic E-state index is -0.883. The summed E-state index contributed by atoms with van der Waals surface area (Å²) in [7, 11) is 0. The number of aromatic carboxylic acids is 1. The molecule has 1 aromatic carbocycles. The third-order valence-electron chi connectivity index (χ3n) is 2.48. The van der Waals surface area contributed by atoms with Crippen LogP contribution in [0.15, 0.2) is 18.2 Å². The Morgan fingerprint density at radius 3 is 3.00 bits per heavy atom. The molecule has 1 aliphatic rings. The van der Waals surface area contributed by atoms with Crippen LogP contribution in [0, 0.1) is 0 Å². The summed E-state index contributed by atoms with van der Waals surface area (Å²) in [6, 6.07) is 5.24. The van der Waals surface area contributed by atoms with Crippen LogP contribution in [0.1, 0.15) is 28.4 Å². The van der Waals surface area contributed by atoms with Gasteiger partial charge in [0, 0.05) is 0 Å². The zero-order chi connectivity index (χ0) is 10.1. The third kappa shape index (κ3) is 1.63. The zero-order valence-corrected chi connectivity index (χ0v) is 7.99. The Morgan fingerprint density at radius 2 is 2.29 bits per heavy atom. The summed E-state index contributed by atoms with van der Waals surface area (Å²) < 4.78 is 5.45. The fourth-order valence-electron chi connectivity index (χ4n) is 1.69. The Bertz CT molecular complexity index is 371. The molecule has 1 aliphatic heterocycles. The first-order valence-corrected chi connectivity index (χ1v) is 4.63. The summed E-state index contributed by atoms with van der Waals surface area (Å²) >= 11 is 0. The molecule has 0 saturated carbocycles. The molecular weight excluding hydrogens is 180 g/mol. The van der Waals surface area contributed by atoms with Gasteiger partial charge >= 0.3 is 5.97 Å². The van der Waals surface area contributed by atoms with E-state index in [1.807, 2.05) is 13.0 Å². The van der Waals surface area contributed by atoms with Crippen molar-refractivity contribution in [3.8, 4) is 0 Å². The van der Waals surface area contributed by atoms with Crippen LogP contribution >= 0.6 is 0 Å². The minimum absolute atomic E-state index is 0.234. The quantitative estimate of drug-likeness (QED) is 0.738. The van der Waals surface area contributed by atoms with Crippen molar-refractivity contribution in [2.24, 2.45) is 0 Å². The van der Waals surface area contributed by atoms with Crippen LogP contribution in [-0.4, -0.2) is 17.2 Å². The van der Waals surface area contributed by atoms with E-state index in [1.165, 1.54) is 5.56 Å². The van der Waals surface area contributed by atoms with E-state index < -0.39 is 5.97 Å². The second-order valence-corrected chi connectivity index (χ2v) is 3.61. The summed E-state index contributed by atoms with van der Waals surface area (Å²) in [5.74, 6) is -0.883. The summed E-state index contributed by atoms with van der Waals surface area (Å²) in [6.07, 6.45) is 1.10. The number of carbonyl (C=O) groups is 1. The molecule has 0 fully saturated rings. The van der Waals surface area contributed by atoms with Crippen molar-refractivity contribution in [3.05, 3.63) is 34.9 Å². The highest BCUT2D eigenvalue weighted by molar-refractivity contribution is 5.87. The molecule has 0 spiro atoms. The van der Waals surface area contributed by atoms with Gasteiger partial charge in [0.25, 0.3) is 0 Å². The van der Waals surface area contributed by atoms with Crippen LogP contribution in [0.2, 0.25) is 0 Å². The van der Waals surface area contributed by atoms with Crippen molar-refractivity contribution in [1.82, 2.24) is 0 Å². The molecule has 1 aromatic rings. The van der Waals surface area contributed by atoms with Crippen LogP contribution in [0.5, 0.6) is 0 Å². The molecule has 74 valence electrons. The SMILES string of the molecule is CC1Cc2ccc(C(=O)O)cc2CO1. The molecule has 0 aliphatic carbocycles. The number of carboxylic acids is 1. The first-order valence-electron chi connectivity index (χ1n) is 4.63. The van der Waals surface area contributed by atoms with E-state index in [2.05, 4.69) is 0 Å². The normalized spacial score (nSPS) is 20.2. The lowest BCUT2D eigenvalue weighted by Gasteiger charge is -2.22. The lowest BCUT2D eigenvalue weighted by molar-refractivity contribution is 0.0409. The number of hydrogen-bond acceptors (Lipinski definition) is 2. The van der Waals surface area contributed by atoms with Crippen LogP contribution in [-0.2, 0) is 17.8 Å². The van der Waals surface area contributed by atoms with Crippen molar-refractivity contribution in [2.45, 2.75) is 26.1 Å². The third-order valence-corrected chi connectivity index (χ3v) is 2.48. The van der Waals surface area contributed by atoms with Crippen LogP contribution in [0.3, 0.4) is 0 Å². The average molecular weight is 192 g/mol. The van der Waals surface area contributed by atoms with Gasteiger partial charge in [-0.25, -0.2) is 4.79 Å². The summed E-state index contributed by atoms with van der Waals surface area (Å²) in [5, 5.41) is 8.80. The molecule has 3 nitrogen and oxygen atoms in total. The smallest absolute Gasteiger partial charge is 0.335 e. The number of rotatable bonds is 1. The van der Waals surface area contributed by atoms with Crippen molar-refractivity contribution in [1.29, 1.82) is 0 Å². The Kier molecular flexibility index (Phi) is 2.25. The molecule has 1 unspecified atom stereocenters. The van der Waals surface area contributed by atoms with Gasteiger partial charge in [0.05, 0.1) is 18.3 Å². The number of benzene rings is 1. The molecule has 0 aromatic heterocycles. The van der Waals surface area contributed by atoms with Crippen molar-refractivity contribution in [3.63, 3.8) is 0 Å². The average Bonchev–Trinajstić information content (AvgIpc) is 2.16. The van der Waals surface area contributed by atoms with E-state index in [-0.39, 0.29) is 6.10 Å². The molecule has 2 rings (SSSR count). The molecule has 1 atom stereocenters. The number of carboxylic acid groups (broad SMARTS) is 1. The predicted molar refractivity (Wildman–Crippen MR) is 51.4 cm³/mol. The van der Waals surface area contributed by atoms with Gasteiger partial charge in [0.1, 0.15) is 0 Å². The fourth-order valence-corrected chi connectivity index (χ4v) is 1.69. The summed E-state index contributed by atoms with van der Waals surface area (Å²) in [4.78, 5) is 10.7. The van der Waals surface area contributed by atoms with Gasteiger partial charge in [0.2, 0.25) is 0 Å². The molecule has 0 radical (unpaired) electrons. The topological polar surface area (TPSA) is 46.5 Å². The maximum absolute atomic E-state index is 10.7. The molecule has 0 amide bonds. The van der Waals surface area contributed by atoms with Crippen LogP contribution in [0.4, 0.5) is 0 Å². The van der Waals surface area contributed by atoms with E-state index in [9.17, 15) is 4.79 Å². The van der Waals surface area contributed by atoms with Gasteiger partial charge in [-0.1, -0.05) is 6.07 Å². The monoisotopic (exact) mass is 192 g/mol. The highest BCUT2D eigenvalue weighted by Gasteiger charge is 2.16. The van der Waals surface area contributed by atoms with E-state index in [4.69, 9.17) is 9.84 Å². The van der Waals surface area contributed by atoms with Crippen molar-refractivity contribution >= 4 is 5.97 Å². The Hall–Kier alpha value is -1.35. The predicted octanol–water partition coefficient (Wildman–Crippen LogP) is 1.85. The number of ether oxygens (including phenoxy) is 1. The fraction of sp³-hybridized carbons (Fsp3) is 0.364. The molecule has 3 heteroatoms. The minimum Gasteiger partial charge on any atom is -0.478 e. The molecule has 1 heterocycles. The molecule has 0 bridgehead atoms. The first-order chi connectivity index (χ1) is 6.66. The molecular formula is C11H12O3. The largest absolute Gasteiger partial charge is 0.478 e. The highest BCUT2D eigenvalue weighted by Crippen LogP contribution is 2.21. The van der Waals surface area contributed by atoms with Gasteiger partial charge in [-0.3, -0.25) is 0 Å². The van der Waals surface area contributed by atoms with Gasteiger partial charge in [-0.2, -0.15) is 0 Å². The van der Waals surface area contributed by atoms with Crippen molar-refractivity contribution < 1.29 is 14.6 Å². The van der Waals surface area contributed by atoms with Gasteiger partial charge < -0.3 is 9.84 Å². The van der Waals surface area contributed by atoms with Gasteiger partial charge in [0.15, 0.2) is 0 Å². The molecule has 0 saturated heterocycles. The molecule has 14 heavy (non-hydrogen) atoms. The van der Waals surface area contributed by atoms with Crippen molar-refractivity contribution in [2.75, 3.05) is 0 Å². The lowest BCUT2D eigenvalue weighted by atomic mass is 9.97. The summed E-state index contributed by atoms with van der Waals surface area (Å²) in [5.41, 5.74) is 2.54. The van der Waals surface area contributed by atoms with Crippen LogP contribution in [0.25, 0.3) is 0 Å². The number of fused-ring (bicyclic) bond motifs is 1. The summed E-state index contributed by atoms with van der Waals surface area (Å²) in [6.45, 7) is 2.55. The second-order valence-electron chi connectivity index (χ2n) is 3.61. The number of hydrogen-bond donors (Lipinski definition) is 1. The maximum atomic E-state index is 10.7. The molecule has 1 N–H and O–H groups in total. The Balaban J connectivity index is 2.36. The van der Waals surface area contributed by atoms with E-state index >= 15 is 0 Å². The highest BCUT2D eigenvalue weighted by atomic mass is 16.5. The Morgan fingerprint density at radius 1 is 1.50 bits per heavy atom. The zero-order valence-electron chi connectivity index (χ0n) is 7.99. The lowest BCUT2D eigenvalue weighted by Crippen LogP contribution is -2.19. The van der Waals surface area contributed by atoms with Crippen LogP contribution < -0.4 is 0 Å². The first kappa shape index (κ1) is 9.21. The second kappa shape index (κ2) is 3.42. The van der Waals surface area contributed by atoms with E-state index in [1.54, 1.807) is 12.1 Å². The van der Waals surface area contributed by atoms with E-state index in [0.717, 1.165) is 12.0 Å². The van der Waals surface area contributed by atoms with Gasteiger partial charge in [-0.15, -0.1) is 0 Å². The van der Waals surface area contributed by atoms with Gasteiger partial charge in [-0.05, 0) is 36.6 Å². The Labute approximate surface area is 82.3 Å². The standard InChI is InChI=1S/C11H12O3/c1-7-4-8-2-3-9(11(12)13)5-10(8)6-14-7/h2-3,5,7H,4,6H2,1H3,(H,12,13). The van der Waals surface area contributed by atoms with E-state index in [0.29, 0.717) is 12.2 Å². The maximum Gasteiger partial charge on any atom is 0.335 e.